The van der Waals surface area contributed by atoms with Crippen molar-refractivity contribution in [2.75, 3.05) is 26.8 Å². The predicted octanol–water partition coefficient (Wildman–Crippen LogP) is 0.522. The number of benzene rings is 1. The third-order valence-corrected chi connectivity index (χ3v) is 3.75. The molecule has 7 nitrogen and oxygen atoms in total. The van der Waals surface area contributed by atoms with Crippen LogP contribution in [0.2, 0.25) is 0 Å². The Labute approximate surface area is 141 Å². The third-order valence-electron chi connectivity index (χ3n) is 3.75. The molecule has 1 aromatic carbocycles. The Balaban J connectivity index is 2.03. The first kappa shape index (κ1) is 17.8. The summed E-state index contributed by atoms with van der Waals surface area (Å²) in [6, 6.07) is 5.22. The number of piperidine rings is 1. The molecule has 0 bridgehead atoms. The SMILES string of the molecule is COc1cc(/C=C/C(=O)N2CCCC(N)C2)ccc1OCC(N)=O. The number of ether oxygens (including phenoxy) is 2. The van der Waals surface area contributed by atoms with Crippen LogP contribution in [0, 0.1) is 0 Å². The molecule has 1 unspecified atom stereocenters. The molecule has 0 saturated carbocycles. The minimum Gasteiger partial charge on any atom is -0.493 e. The molecule has 0 radical (unpaired) electrons. The second-order valence-electron chi connectivity index (χ2n) is 5.69. The van der Waals surface area contributed by atoms with Gasteiger partial charge in [0.1, 0.15) is 0 Å². The Hall–Kier alpha value is -2.54. The van der Waals surface area contributed by atoms with Crippen LogP contribution < -0.4 is 20.9 Å². The zero-order valence-electron chi connectivity index (χ0n) is 13.7. The van der Waals surface area contributed by atoms with Gasteiger partial charge in [0.25, 0.3) is 5.91 Å². The predicted molar refractivity (Wildman–Crippen MR) is 90.5 cm³/mol. The molecular formula is C17H23N3O4. The summed E-state index contributed by atoms with van der Waals surface area (Å²) in [5, 5.41) is 0. The van der Waals surface area contributed by atoms with Crippen molar-refractivity contribution in [3.8, 4) is 11.5 Å². The lowest BCUT2D eigenvalue weighted by Gasteiger charge is -2.29. The molecular weight excluding hydrogens is 310 g/mol. The van der Waals surface area contributed by atoms with Crippen LogP contribution in [0.5, 0.6) is 11.5 Å². The number of nitrogens with two attached hydrogens (primary N) is 2. The molecule has 1 aliphatic rings. The van der Waals surface area contributed by atoms with Crippen molar-refractivity contribution in [1.29, 1.82) is 0 Å². The average Bonchev–Trinajstić information content (AvgIpc) is 2.58. The Bertz CT molecular complexity index is 630. The van der Waals surface area contributed by atoms with Gasteiger partial charge in [0, 0.05) is 25.2 Å². The standard InChI is InChI=1S/C17H23N3O4/c1-23-15-9-12(4-6-14(15)24-11-16(19)21)5-7-17(22)20-8-2-3-13(18)10-20/h4-7,9,13H,2-3,8,10-11,18H2,1H3,(H2,19,21)/b7-5+. The van der Waals surface area contributed by atoms with Gasteiger partial charge < -0.3 is 25.8 Å². The maximum absolute atomic E-state index is 12.2. The lowest BCUT2D eigenvalue weighted by molar-refractivity contribution is -0.127. The van der Waals surface area contributed by atoms with Crippen LogP contribution in [0.25, 0.3) is 6.08 Å². The number of likely N-dealkylation sites (tertiary alicyclic amines) is 1. The summed E-state index contributed by atoms with van der Waals surface area (Å²) < 4.78 is 10.5. The fourth-order valence-corrected chi connectivity index (χ4v) is 2.54. The Morgan fingerprint density at radius 2 is 2.17 bits per heavy atom. The normalized spacial score (nSPS) is 17.8. The number of amides is 2. The van der Waals surface area contributed by atoms with Gasteiger partial charge in [-0.25, -0.2) is 0 Å². The van der Waals surface area contributed by atoms with Gasteiger partial charge in [-0.1, -0.05) is 6.07 Å². The molecule has 1 atom stereocenters. The van der Waals surface area contributed by atoms with Crippen molar-refractivity contribution in [3.05, 3.63) is 29.8 Å². The quantitative estimate of drug-likeness (QED) is 0.738. The molecule has 7 heteroatoms. The highest BCUT2D eigenvalue weighted by atomic mass is 16.5. The highest BCUT2D eigenvalue weighted by Crippen LogP contribution is 2.28. The Morgan fingerprint density at radius 1 is 1.38 bits per heavy atom. The third kappa shape index (κ3) is 4.99. The second kappa shape index (κ2) is 8.35. The molecule has 2 amide bonds. The summed E-state index contributed by atoms with van der Waals surface area (Å²) in [5.41, 5.74) is 11.7. The first-order chi connectivity index (χ1) is 11.5. The topological polar surface area (TPSA) is 108 Å². The van der Waals surface area contributed by atoms with E-state index in [1.54, 1.807) is 29.2 Å². The highest BCUT2D eigenvalue weighted by Gasteiger charge is 2.19. The van der Waals surface area contributed by atoms with Gasteiger partial charge in [-0.3, -0.25) is 9.59 Å². The van der Waals surface area contributed by atoms with Crippen molar-refractivity contribution in [2.45, 2.75) is 18.9 Å². The molecule has 1 heterocycles. The van der Waals surface area contributed by atoms with Crippen molar-refractivity contribution in [3.63, 3.8) is 0 Å². The van der Waals surface area contributed by atoms with Crippen LogP contribution in [0.15, 0.2) is 24.3 Å². The van der Waals surface area contributed by atoms with Crippen molar-refractivity contribution in [2.24, 2.45) is 11.5 Å². The maximum atomic E-state index is 12.2. The molecule has 0 aromatic heterocycles. The van der Waals surface area contributed by atoms with Crippen LogP contribution in [-0.2, 0) is 9.59 Å². The van der Waals surface area contributed by atoms with E-state index in [-0.39, 0.29) is 18.6 Å². The molecule has 2 rings (SSSR count). The number of nitrogens with zero attached hydrogens (tertiary/aromatic N) is 1. The van der Waals surface area contributed by atoms with Gasteiger partial charge in [0.15, 0.2) is 18.1 Å². The minimum atomic E-state index is -0.564. The minimum absolute atomic E-state index is 0.0536. The monoisotopic (exact) mass is 333 g/mol. The lowest BCUT2D eigenvalue weighted by atomic mass is 10.1. The zero-order chi connectivity index (χ0) is 17.5. The first-order valence-electron chi connectivity index (χ1n) is 7.81. The van der Waals surface area contributed by atoms with E-state index in [1.807, 2.05) is 0 Å². The van der Waals surface area contributed by atoms with E-state index in [2.05, 4.69) is 0 Å². The van der Waals surface area contributed by atoms with Gasteiger partial charge in [-0.15, -0.1) is 0 Å². The largest absolute Gasteiger partial charge is 0.493 e. The van der Waals surface area contributed by atoms with E-state index in [0.29, 0.717) is 18.0 Å². The fraction of sp³-hybridized carbons (Fsp3) is 0.412. The second-order valence-corrected chi connectivity index (χ2v) is 5.69. The molecule has 0 aliphatic carbocycles. The molecule has 4 N–H and O–H groups in total. The van der Waals surface area contributed by atoms with Crippen molar-refractivity contribution in [1.82, 2.24) is 4.90 Å². The number of methoxy groups -OCH3 is 1. The summed E-state index contributed by atoms with van der Waals surface area (Å²) in [6.07, 6.45) is 5.12. The van der Waals surface area contributed by atoms with Gasteiger partial charge in [0.2, 0.25) is 5.91 Å². The number of hydrogen-bond donors (Lipinski definition) is 2. The van der Waals surface area contributed by atoms with Gasteiger partial charge in [-0.2, -0.15) is 0 Å². The molecule has 1 aromatic rings. The van der Waals surface area contributed by atoms with E-state index in [0.717, 1.165) is 24.9 Å². The number of hydrogen-bond acceptors (Lipinski definition) is 5. The number of primary amides is 1. The van der Waals surface area contributed by atoms with Crippen molar-refractivity contribution < 1.29 is 19.1 Å². The van der Waals surface area contributed by atoms with Gasteiger partial charge >= 0.3 is 0 Å². The molecule has 1 saturated heterocycles. The van der Waals surface area contributed by atoms with Crippen LogP contribution in [0.3, 0.4) is 0 Å². The molecule has 24 heavy (non-hydrogen) atoms. The molecule has 1 aliphatic heterocycles. The smallest absolute Gasteiger partial charge is 0.255 e. The molecule has 0 spiro atoms. The first-order valence-corrected chi connectivity index (χ1v) is 7.81. The van der Waals surface area contributed by atoms with Crippen LogP contribution in [0.4, 0.5) is 0 Å². The molecule has 130 valence electrons. The summed E-state index contributed by atoms with van der Waals surface area (Å²) in [4.78, 5) is 24.7. The van der Waals surface area contributed by atoms with Crippen LogP contribution in [0.1, 0.15) is 18.4 Å². The van der Waals surface area contributed by atoms with Crippen molar-refractivity contribution >= 4 is 17.9 Å². The van der Waals surface area contributed by atoms with Gasteiger partial charge in [0.05, 0.1) is 7.11 Å². The number of carbonyl (C=O) groups excluding carboxylic acids is 2. The maximum Gasteiger partial charge on any atom is 0.255 e. The zero-order valence-corrected chi connectivity index (χ0v) is 13.7. The number of rotatable bonds is 6. The highest BCUT2D eigenvalue weighted by molar-refractivity contribution is 5.92. The fourth-order valence-electron chi connectivity index (χ4n) is 2.54. The Kier molecular flexibility index (Phi) is 6.20. The van der Waals surface area contributed by atoms with E-state index in [4.69, 9.17) is 20.9 Å². The summed E-state index contributed by atoms with van der Waals surface area (Å²) in [7, 11) is 1.50. The van der Waals surface area contributed by atoms with Crippen LogP contribution >= 0.6 is 0 Å². The van der Waals surface area contributed by atoms with Gasteiger partial charge in [-0.05, 0) is 36.6 Å². The number of carbonyl (C=O) groups is 2. The lowest BCUT2D eigenvalue weighted by Crippen LogP contribution is -2.45. The van der Waals surface area contributed by atoms with Crippen LogP contribution in [-0.4, -0.2) is 49.6 Å². The summed E-state index contributed by atoms with van der Waals surface area (Å²) in [6.45, 7) is 1.10. The van der Waals surface area contributed by atoms with E-state index in [1.165, 1.54) is 13.2 Å². The summed E-state index contributed by atoms with van der Waals surface area (Å²) in [5.74, 6) is 0.261. The summed E-state index contributed by atoms with van der Waals surface area (Å²) >= 11 is 0. The van der Waals surface area contributed by atoms with E-state index >= 15 is 0 Å². The average molecular weight is 333 g/mol. The Morgan fingerprint density at radius 3 is 2.83 bits per heavy atom. The van der Waals surface area contributed by atoms with E-state index in [9.17, 15) is 9.59 Å². The molecule has 1 fully saturated rings. The van der Waals surface area contributed by atoms with E-state index < -0.39 is 5.91 Å².